The Labute approximate surface area is 173 Å². The van der Waals surface area contributed by atoms with Gasteiger partial charge in [0.1, 0.15) is 12.3 Å². The van der Waals surface area contributed by atoms with Gasteiger partial charge in [-0.1, -0.05) is 36.4 Å². The monoisotopic (exact) mass is 410 g/mol. The number of aryl methyl sites for hydroxylation is 2. The number of para-hydroxylation sites is 2. The van der Waals surface area contributed by atoms with E-state index in [1.807, 2.05) is 57.2 Å². The first kappa shape index (κ1) is 20.7. The lowest BCUT2D eigenvalue weighted by molar-refractivity contribution is -0.127. The first-order chi connectivity index (χ1) is 13.9. The molecule has 1 fully saturated rings. The Bertz CT molecular complexity index is 980. The van der Waals surface area contributed by atoms with Crippen molar-refractivity contribution in [3.8, 4) is 5.75 Å². The summed E-state index contributed by atoms with van der Waals surface area (Å²) >= 11 is 0.821. The van der Waals surface area contributed by atoms with Crippen molar-refractivity contribution in [3.05, 3.63) is 64.1 Å². The summed E-state index contributed by atoms with van der Waals surface area (Å²) in [7, 11) is 0. The summed E-state index contributed by atoms with van der Waals surface area (Å²) in [6.45, 7) is 5.82. The maximum atomic E-state index is 12.7. The predicted molar refractivity (Wildman–Crippen MR) is 115 cm³/mol. The molecule has 2 aromatic carbocycles. The molecule has 7 heteroatoms. The number of anilines is 1. The number of imide groups is 1. The Balaban J connectivity index is 1.75. The molecular formula is C22H22N2O4S. The van der Waals surface area contributed by atoms with Crippen LogP contribution >= 0.6 is 11.8 Å². The minimum Gasteiger partial charge on any atom is -0.493 e. The Morgan fingerprint density at radius 2 is 1.79 bits per heavy atom. The predicted octanol–water partition coefficient (Wildman–Crippen LogP) is 4.38. The molecule has 1 aliphatic heterocycles. The highest BCUT2D eigenvalue weighted by atomic mass is 32.2. The van der Waals surface area contributed by atoms with Crippen LogP contribution in [0.15, 0.2) is 47.4 Å². The highest BCUT2D eigenvalue weighted by Gasteiger charge is 2.36. The minimum absolute atomic E-state index is 0.266. The average molecular weight is 410 g/mol. The molecule has 3 amide bonds. The van der Waals surface area contributed by atoms with Crippen molar-refractivity contribution in [2.75, 3.05) is 18.5 Å². The maximum Gasteiger partial charge on any atom is 0.294 e. The lowest BCUT2D eigenvalue weighted by Crippen LogP contribution is -2.36. The zero-order valence-electron chi connectivity index (χ0n) is 16.5. The summed E-state index contributed by atoms with van der Waals surface area (Å²) in [6.07, 6.45) is 1.62. The van der Waals surface area contributed by atoms with Crippen molar-refractivity contribution in [1.29, 1.82) is 0 Å². The van der Waals surface area contributed by atoms with Crippen LogP contribution < -0.4 is 10.1 Å². The normalized spacial score (nSPS) is 15.1. The van der Waals surface area contributed by atoms with Crippen LogP contribution in [0.4, 0.5) is 10.5 Å². The van der Waals surface area contributed by atoms with Gasteiger partial charge < -0.3 is 10.1 Å². The van der Waals surface area contributed by atoms with Gasteiger partial charge >= 0.3 is 0 Å². The highest BCUT2D eigenvalue weighted by Crippen LogP contribution is 2.34. The van der Waals surface area contributed by atoms with Crippen molar-refractivity contribution in [1.82, 2.24) is 4.90 Å². The van der Waals surface area contributed by atoms with Crippen molar-refractivity contribution in [2.45, 2.75) is 20.8 Å². The van der Waals surface area contributed by atoms with E-state index in [1.165, 1.54) is 0 Å². The summed E-state index contributed by atoms with van der Waals surface area (Å²) in [6, 6.07) is 13.0. The molecule has 0 radical (unpaired) electrons. The molecule has 1 saturated heterocycles. The number of hydrogen-bond acceptors (Lipinski definition) is 5. The minimum atomic E-state index is -0.483. The molecule has 29 heavy (non-hydrogen) atoms. The molecule has 0 unspecified atom stereocenters. The van der Waals surface area contributed by atoms with Gasteiger partial charge in [-0.3, -0.25) is 19.3 Å². The van der Waals surface area contributed by atoms with Crippen molar-refractivity contribution in [3.63, 3.8) is 0 Å². The highest BCUT2D eigenvalue weighted by molar-refractivity contribution is 8.18. The van der Waals surface area contributed by atoms with E-state index in [-0.39, 0.29) is 11.4 Å². The fourth-order valence-corrected chi connectivity index (χ4v) is 3.83. The first-order valence-electron chi connectivity index (χ1n) is 9.24. The molecule has 0 saturated carbocycles. The Kier molecular flexibility index (Phi) is 6.39. The van der Waals surface area contributed by atoms with Crippen LogP contribution in [-0.2, 0) is 9.59 Å². The number of ether oxygens (including phenoxy) is 1. The second-order valence-corrected chi connectivity index (χ2v) is 7.55. The van der Waals surface area contributed by atoms with Crippen LogP contribution in [0.3, 0.4) is 0 Å². The Morgan fingerprint density at radius 3 is 2.48 bits per heavy atom. The molecule has 0 bridgehead atoms. The number of benzene rings is 2. The number of amides is 3. The number of carbonyl (C=O) groups excluding carboxylic acids is 3. The van der Waals surface area contributed by atoms with Gasteiger partial charge in [-0.05, 0) is 55.8 Å². The summed E-state index contributed by atoms with van der Waals surface area (Å²) < 4.78 is 5.56. The Morgan fingerprint density at radius 1 is 1.10 bits per heavy atom. The van der Waals surface area contributed by atoms with E-state index in [0.717, 1.165) is 27.8 Å². The topological polar surface area (TPSA) is 75.7 Å². The van der Waals surface area contributed by atoms with Gasteiger partial charge in [0.2, 0.25) is 5.91 Å². The number of thioether (sulfide) groups is 1. The van der Waals surface area contributed by atoms with E-state index in [1.54, 1.807) is 12.1 Å². The van der Waals surface area contributed by atoms with Gasteiger partial charge in [0.15, 0.2) is 0 Å². The summed E-state index contributed by atoms with van der Waals surface area (Å²) in [5, 5.41) is 2.34. The number of hydrogen-bond donors (Lipinski definition) is 1. The van der Waals surface area contributed by atoms with Crippen LogP contribution in [0.1, 0.15) is 23.6 Å². The van der Waals surface area contributed by atoms with E-state index in [4.69, 9.17) is 4.74 Å². The molecule has 1 N–H and O–H groups in total. The van der Waals surface area contributed by atoms with Gasteiger partial charge in [0, 0.05) is 11.3 Å². The lowest BCUT2D eigenvalue weighted by Gasteiger charge is -2.15. The number of rotatable bonds is 6. The first-order valence-corrected chi connectivity index (χ1v) is 10.1. The van der Waals surface area contributed by atoms with E-state index in [2.05, 4.69) is 5.32 Å². The van der Waals surface area contributed by atoms with E-state index in [9.17, 15) is 14.4 Å². The van der Waals surface area contributed by atoms with Crippen LogP contribution in [0, 0.1) is 13.8 Å². The Hall–Kier alpha value is -3.06. The zero-order chi connectivity index (χ0) is 21.0. The van der Waals surface area contributed by atoms with Crippen LogP contribution in [0.25, 0.3) is 6.08 Å². The second-order valence-electron chi connectivity index (χ2n) is 6.55. The standard InChI is InChI=1S/C22H22N2O4S/c1-4-28-17-11-6-5-10-16(17)12-18-21(26)24(22(27)29-18)13-19(25)23-20-14(2)8-7-9-15(20)3/h5-12H,4,13H2,1-3H3,(H,23,25)/b18-12+. The number of carbonyl (C=O) groups is 3. The van der Waals surface area contributed by atoms with Crippen LogP contribution in [-0.4, -0.2) is 35.1 Å². The van der Waals surface area contributed by atoms with Gasteiger partial charge in [-0.25, -0.2) is 0 Å². The quantitative estimate of drug-likeness (QED) is 0.716. The van der Waals surface area contributed by atoms with E-state index in [0.29, 0.717) is 23.6 Å². The maximum absolute atomic E-state index is 12.7. The summed E-state index contributed by atoms with van der Waals surface area (Å²) in [5.41, 5.74) is 3.24. The molecule has 6 nitrogen and oxygen atoms in total. The SMILES string of the molecule is CCOc1ccccc1/C=C1/SC(=O)N(CC(=O)Nc2c(C)cccc2C)C1=O. The van der Waals surface area contributed by atoms with Crippen LogP contribution in [0.5, 0.6) is 5.75 Å². The third-order valence-electron chi connectivity index (χ3n) is 4.43. The second kappa shape index (κ2) is 8.96. The molecule has 0 spiro atoms. The lowest BCUT2D eigenvalue weighted by atomic mass is 10.1. The van der Waals surface area contributed by atoms with Crippen molar-refractivity contribution < 1.29 is 19.1 Å². The largest absolute Gasteiger partial charge is 0.493 e. The summed E-state index contributed by atoms with van der Waals surface area (Å²) in [4.78, 5) is 38.7. The molecule has 0 atom stereocenters. The van der Waals surface area contributed by atoms with E-state index < -0.39 is 17.1 Å². The van der Waals surface area contributed by atoms with Gasteiger partial charge in [0.05, 0.1) is 11.5 Å². The van der Waals surface area contributed by atoms with Gasteiger partial charge in [0.25, 0.3) is 11.1 Å². The fraction of sp³-hybridized carbons (Fsp3) is 0.227. The molecule has 3 rings (SSSR count). The molecule has 1 aliphatic rings. The van der Waals surface area contributed by atoms with Gasteiger partial charge in [-0.15, -0.1) is 0 Å². The number of nitrogens with one attached hydrogen (secondary N) is 1. The van der Waals surface area contributed by atoms with Crippen molar-refractivity contribution >= 4 is 40.6 Å². The molecule has 150 valence electrons. The van der Waals surface area contributed by atoms with E-state index >= 15 is 0 Å². The third-order valence-corrected chi connectivity index (χ3v) is 5.33. The zero-order valence-corrected chi connectivity index (χ0v) is 17.3. The van der Waals surface area contributed by atoms with Crippen molar-refractivity contribution in [2.24, 2.45) is 0 Å². The molecule has 0 aromatic heterocycles. The smallest absolute Gasteiger partial charge is 0.294 e. The average Bonchev–Trinajstić information content (AvgIpc) is 2.94. The third kappa shape index (κ3) is 4.68. The molecule has 0 aliphatic carbocycles. The fourth-order valence-electron chi connectivity index (χ4n) is 3.00. The van der Waals surface area contributed by atoms with Crippen LogP contribution in [0.2, 0.25) is 0 Å². The summed E-state index contributed by atoms with van der Waals surface area (Å²) in [5.74, 6) is -0.266. The molecular weight excluding hydrogens is 388 g/mol. The number of nitrogens with zero attached hydrogens (tertiary/aromatic N) is 1. The molecule has 1 heterocycles. The van der Waals surface area contributed by atoms with Gasteiger partial charge in [-0.2, -0.15) is 0 Å². The molecule has 2 aromatic rings.